The minimum Gasteiger partial charge on any atom is -0.469 e. The van der Waals surface area contributed by atoms with E-state index in [2.05, 4.69) is 0 Å². The van der Waals surface area contributed by atoms with Gasteiger partial charge in [0.15, 0.2) is 5.78 Å². The molecule has 16 heavy (non-hydrogen) atoms. The van der Waals surface area contributed by atoms with E-state index in [1.807, 2.05) is 0 Å². The lowest BCUT2D eigenvalue weighted by molar-refractivity contribution is 0.103. The van der Waals surface area contributed by atoms with Crippen molar-refractivity contribution in [2.45, 2.75) is 6.92 Å². The van der Waals surface area contributed by atoms with E-state index in [9.17, 15) is 4.79 Å². The first-order valence-corrected chi connectivity index (χ1v) is 5.10. The molecule has 1 aromatic carbocycles. The van der Waals surface area contributed by atoms with Gasteiger partial charge in [0.25, 0.3) is 0 Å². The summed E-state index contributed by atoms with van der Waals surface area (Å²) in [5.41, 5.74) is 7.04. The number of halogens is 1. The third-order valence-electron chi connectivity index (χ3n) is 2.26. The maximum absolute atomic E-state index is 12.0. The Labute approximate surface area is 97.8 Å². The van der Waals surface area contributed by atoms with Crippen LogP contribution in [0.15, 0.2) is 34.9 Å². The van der Waals surface area contributed by atoms with Gasteiger partial charge in [-0.2, -0.15) is 0 Å². The van der Waals surface area contributed by atoms with Crippen LogP contribution in [0.5, 0.6) is 0 Å². The van der Waals surface area contributed by atoms with Crippen LogP contribution >= 0.6 is 11.6 Å². The largest absolute Gasteiger partial charge is 0.469 e. The van der Waals surface area contributed by atoms with Crippen molar-refractivity contribution in [1.82, 2.24) is 0 Å². The van der Waals surface area contributed by atoms with Crippen molar-refractivity contribution in [3.8, 4) is 0 Å². The minimum atomic E-state index is -0.126. The second kappa shape index (κ2) is 4.02. The van der Waals surface area contributed by atoms with Crippen LogP contribution in [0.1, 0.15) is 21.7 Å². The fourth-order valence-corrected chi connectivity index (χ4v) is 1.58. The lowest BCUT2D eigenvalue weighted by Gasteiger charge is -2.01. The fourth-order valence-electron chi connectivity index (χ4n) is 1.40. The van der Waals surface area contributed by atoms with E-state index < -0.39 is 0 Å². The number of anilines is 1. The van der Waals surface area contributed by atoms with Crippen molar-refractivity contribution in [2.24, 2.45) is 0 Å². The number of carbonyl (C=O) groups excluding carboxylic acids is 1. The summed E-state index contributed by atoms with van der Waals surface area (Å²) in [6.45, 7) is 1.78. The second-order valence-electron chi connectivity index (χ2n) is 3.51. The van der Waals surface area contributed by atoms with Gasteiger partial charge in [-0.25, -0.2) is 0 Å². The summed E-state index contributed by atoms with van der Waals surface area (Å²) >= 11 is 5.85. The van der Waals surface area contributed by atoms with Crippen LogP contribution in [0, 0.1) is 6.92 Å². The minimum absolute atomic E-state index is 0.126. The summed E-state index contributed by atoms with van der Waals surface area (Å²) in [5, 5.41) is 0.381. The highest BCUT2D eigenvalue weighted by molar-refractivity contribution is 6.33. The van der Waals surface area contributed by atoms with Gasteiger partial charge in [-0.3, -0.25) is 4.79 Å². The first-order valence-electron chi connectivity index (χ1n) is 4.73. The van der Waals surface area contributed by atoms with E-state index in [-0.39, 0.29) is 5.78 Å². The number of nitrogen functional groups attached to an aromatic ring is 1. The van der Waals surface area contributed by atoms with Crippen LogP contribution in [0.4, 0.5) is 5.69 Å². The van der Waals surface area contributed by atoms with E-state index in [4.69, 9.17) is 21.8 Å². The number of aryl methyl sites for hydroxylation is 1. The van der Waals surface area contributed by atoms with Crippen LogP contribution in [0.25, 0.3) is 0 Å². The number of hydrogen-bond acceptors (Lipinski definition) is 3. The Morgan fingerprint density at radius 1 is 1.31 bits per heavy atom. The predicted octanol–water partition coefficient (Wildman–Crippen LogP) is 3.05. The average Bonchev–Trinajstić information content (AvgIpc) is 2.68. The SMILES string of the molecule is Cc1cc(C(=O)c2ccc(N)c(Cl)c2)co1. The van der Waals surface area contributed by atoms with Crippen LogP contribution < -0.4 is 5.73 Å². The zero-order chi connectivity index (χ0) is 11.7. The molecule has 2 aromatic rings. The van der Waals surface area contributed by atoms with E-state index in [1.54, 1.807) is 31.2 Å². The Hall–Kier alpha value is -1.74. The quantitative estimate of drug-likeness (QED) is 0.643. The number of nitrogens with two attached hydrogens (primary N) is 1. The number of rotatable bonds is 2. The fraction of sp³-hybridized carbons (Fsp3) is 0.0833. The van der Waals surface area contributed by atoms with Gasteiger partial charge in [-0.15, -0.1) is 0 Å². The molecule has 0 fully saturated rings. The Kier molecular flexibility index (Phi) is 2.71. The first-order chi connectivity index (χ1) is 7.58. The molecule has 0 aliphatic rings. The van der Waals surface area contributed by atoms with E-state index in [0.29, 0.717) is 27.6 Å². The van der Waals surface area contributed by atoms with Crippen LogP contribution in [-0.2, 0) is 0 Å². The van der Waals surface area contributed by atoms with Gasteiger partial charge in [0.1, 0.15) is 12.0 Å². The molecule has 1 aromatic heterocycles. The lowest BCUT2D eigenvalue weighted by atomic mass is 10.1. The zero-order valence-electron chi connectivity index (χ0n) is 8.66. The third kappa shape index (κ3) is 1.95. The molecule has 0 aliphatic heterocycles. The molecule has 0 spiro atoms. The van der Waals surface area contributed by atoms with Gasteiger partial charge in [0.2, 0.25) is 0 Å². The van der Waals surface area contributed by atoms with Crippen molar-refractivity contribution in [3.63, 3.8) is 0 Å². The molecule has 0 saturated heterocycles. The average molecular weight is 236 g/mol. The topological polar surface area (TPSA) is 56.2 Å². The standard InChI is InChI=1S/C12H10ClNO2/c1-7-4-9(6-16-7)12(15)8-2-3-11(14)10(13)5-8/h2-6H,14H2,1H3. The Bertz CT molecular complexity index is 546. The number of ketones is 1. The molecule has 0 radical (unpaired) electrons. The highest BCUT2D eigenvalue weighted by Gasteiger charge is 2.12. The summed E-state index contributed by atoms with van der Waals surface area (Å²) in [4.78, 5) is 12.0. The van der Waals surface area contributed by atoms with Gasteiger partial charge in [-0.05, 0) is 31.2 Å². The van der Waals surface area contributed by atoms with E-state index in [0.717, 1.165) is 0 Å². The van der Waals surface area contributed by atoms with Crippen molar-refractivity contribution in [2.75, 3.05) is 5.73 Å². The number of carbonyl (C=O) groups is 1. The predicted molar refractivity (Wildman–Crippen MR) is 62.7 cm³/mol. The number of furan rings is 1. The molecule has 4 heteroatoms. The molecule has 3 nitrogen and oxygen atoms in total. The van der Waals surface area contributed by atoms with Crippen LogP contribution in [-0.4, -0.2) is 5.78 Å². The summed E-state index contributed by atoms with van der Waals surface area (Å²) in [6.07, 6.45) is 1.43. The number of benzene rings is 1. The molecule has 0 aliphatic carbocycles. The molecule has 2 N–H and O–H groups in total. The van der Waals surface area contributed by atoms with Gasteiger partial charge < -0.3 is 10.2 Å². The first kappa shape index (κ1) is 10.8. The van der Waals surface area contributed by atoms with Gasteiger partial charge in [-0.1, -0.05) is 11.6 Å². The normalized spacial score (nSPS) is 10.4. The number of hydrogen-bond donors (Lipinski definition) is 1. The highest BCUT2D eigenvalue weighted by Crippen LogP contribution is 2.22. The zero-order valence-corrected chi connectivity index (χ0v) is 9.41. The van der Waals surface area contributed by atoms with Crippen LogP contribution in [0.3, 0.4) is 0 Å². The summed E-state index contributed by atoms with van der Waals surface area (Å²) in [6, 6.07) is 6.50. The molecule has 82 valence electrons. The van der Waals surface area contributed by atoms with E-state index in [1.165, 1.54) is 6.26 Å². The smallest absolute Gasteiger partial charge is 0.196 e. The van der Waals surface area contributed by atoms with Crippen LogP contribution in [0.2, 0.25) is 5.02 Å². The Morgan fingerprint density at radius 3 is 2.62 bits per heavy atom. The maximum atomic E-state index is 12.0. The Morgan fingerprint density at radius 2 is 2.06 bits per heavy atom. The molecule has 0 bridgehead atoms. The van der Waals surface area contributed by atoms with Gasteiger partial charge in [0, 0.05) is 5.56 Å². The molecule has 1 heterocycles. The van der Waals surface area contributed by atoms with Gasteiger partial charge >= 0.3 is 0 Å². The Balaban J connectivity index is 2.38. The molecule has 0 amide bonds. The third-order valence-corrected chi connectivity index (χ3v) is 2.58. The van der Waals surface area contributed by atoms with Crippen molar-refractivity contribution >= 4 is 23.1 Å². The highest BCUT2D eigenvalue weighted by atomic mass is 35.5. The monoisotopic (exact) mass is 235 g/mol. The summed E-state index contributed by atoms with van der Waals surface area (Å²) in [7, 11) is 0. The molecule has 0 saturated carbocycles. The molecule has 0 unspecified atom stereocenters. The second-order valence-corrected chi connectivity index (χ2v) is 3.92. The van der Waals surface area contributed by atoms with Crippen molar-refractivity contribution < 1.29 is 9.21 Å². The summed E-state index contributed by atoms with van der Waals surface area (Å²) < 4.78 is 5.08. The molecular weight excluding hydrogens is 226 g/mol. The van der Waals surface area contributed by atoms with Crippen molar-refractivity contribution in [3.05, 3.63) is 52.4 Å². The molecule has 2 rings (SSSR count). The molecular formula is C12H10ClNO2. The maximum Gasteiger partial charge on any atom is 0.196 e. The van der Waals surface area contributed by atoms with Crippen molar-refractivity contribution in [1.29, 1.82) is 0 Å². The molecule has 0 atom stereocenters. The lowest BCUT2D eigenvalue weighted by Crippen LogP contribution is -2.00. The van der Waals surface area contributed by atoms with E-state index >= 15 is 0 Å². The summed E-state index contributed by atoms with van der Waals surface area (Å²) in [5.74, 6) is 0.573. The van der Waals surface area contributed by atoms with Gasteiger partial charge in [0.05, 0.1) is 16.3 Å².